The van der Waals surface area contributed by atoms with Gasteiger partial charge in [-0.05, 0) is 41.3 Å². The minimum atomic E-state index is -3.14. The molecular weight excluding hydrogens is 268 g/mol. The molecule has 0 aromatic carbocycles. The molecule has 1 aromatic heterocycles. The third kappa shape index (κ3) is 3.22. The quantitative estimate of drug-likeness (QED) is 0.926. The fourth-order valence-corrected chi connectivity index (χ4v) is 4.17. The Bertz CT molecular complexity index is 534. The number of hydrogen-bond donors (Lipinski definition) is 1. The molecule has 1 aliphatic carbocycles. The first-order valence-corrected chi connectivity index (χ1v) is 8.88. The highest BCUT2D eigenvalue weighted by atomic mass is 32.2. The Kier molecular flexibility index (Phi) is 4.25. The molecule has 1 N–H and O–H groups in total. The van der Waals surface area contributed by atoms with E-state index < -0.39 is 9.84 Å². The molecule has 0 unspecified atom stereocenters. The first-order chi connectivity index (χ1) is 8.50. The molecule has 2 rings (SSSR count). The zero-order valence-corrected chi connectivity index (χ0v) is 12.1. The molecule has 3 nitrogen and oxygen atoms in total. The van der Waals surface area contributed by atoms with Gasteiger partial charge in [-0.1, -0.05) is 18.9 Å². The Hall–Kier alpha value is -0.650. The van der Waals surface area contributed by atoms with Crippen LogP contribution in [0.15, 0.2) is 21.7 Å². The maximum Gasteiger partial charge on any atom is 0.184 e. The molecular formula is C13H18O3S2. The number of allylic oxidation sites excluding steroid dienone is 1. The molecule has 0 spiro atoms. The summed E-state index contributed by atoms with van der Waals surface area (Å²) in [7, 11) is -3.14. The maximum absolute atomic E-state index is 11.4. The molecule has 5 heteroatoms. The van der Waals surface area contributed by atoms with E-state index in [0.717, 1.165) is 11.1 Å². The summed E-state index contributed by atoms with van der Waals surface area (Å²) >= 11 is 1.22. The number of aliphatic hydroxyl groups is 1. The topological polar surface area (TPSA) is 54.4 Å². The Morgan fingerprint density at radius 1 is 1.50 bits per heavy atom. The second kappa shape index (κ2) is 5.55. The van der Waals surface area contributed by atoms with Gasteiger partial charge in [-0.15, -0.1) is 11.3 Å². The lowest BCUT2D eigenvalue weighted by molar-refractivity contribution is 0.349. The maximum atomic E-state index is 11.4. The van der Waals surface area contributed by atoms with Gasteiger partial charge in [0.15, 0.2) is 9.84 Å². The minimum absolute atomic E-state index is 0.0313. The summed E-state index contributed by atoms with van der Waals surface area (Å²) in [5.41, 5.74) is 1.70. The van der Waals surface area contributed by atoms with E-state index in [1.54, 1.807) is 6.07 Å². The highest BCUT2D eigenvalue weighted by Crippen LogP contribution is 2.31. The molecule has 0 bridgehead atoms. The van der Waals surface area contributed by atoms with Crippen LogP contribution in [0.2, 0.25) is 0 Å². The van der Waals surface area contributed by atoms with Crippen molar-refractivity contribution in [1.82, 2.24) is 0 Å². The summed E-state index contributed by atoms with van der Waals surface area (Å²) in [6.07, 6.45) is 8.17. The Balaban J connectivity index is 2.25. The first-order valence-electron chi connectivity index (χ1n) is 6.11. The van der Waals surface area contributed by atoms with Crippen LogP contribution in [0.5, 0.6) is 0 Å². The summed E-state index contributed by atoms with van der Waals surface area (Å²) in [4.78, 5) is 0. The summed E-state index contributed by atoms with van der Waals surface area (Å²) in [5, 5.41) is 11.3. The van der Waals surface area contributed by atoms with Crippen LogP contribution >= 0.6 is 11.3 Å². The van der Waals surface area contributed by atoms with E-state index in [1.807, 2.05) is 5.38 Å². The molecule has 100 valence electrons. The lowest BCUT2D eigenvalue weighted by Gasteiger charge is -2.06. The van der Waals surface area contributed by atoms with E-state index >= 15 is 0 Å². The average Bonchev–Trinajstić information content (AvgIpc) is 2.95. The highest BCUT2D eigenvalue weighted by Gasteiger charge is 2.16. The molecule has 0 radical (unpaired) electrons. The first kappa shape index (κ1) is 13.8. The van der Waals surface area contributed by atoms with Crippen molar-refractivity contribution >= 4 is 26.7 Å². The van der Waals surface area contributed by atoms with Gasteiger partial charge >= 0.3 is 0 Å². The average molecular weight is 286 g/mol. The van der Waals surface area contributed by atoms with E-state index in [4.69, 9.17) is 0 Å². The summed E-state index contributed by atoms with van der Waals surface area (Å²) < 4.78 is 23.2. The van der Waals surface area contributed by atoms with Crippen molar-refractivity contribution < 1.29 is 13.5 Å². The molecule has 1 heterocycles. The zero-order valence-electron chi connectivity index (χ0n) is 10.4. The van der Waals surface area contributed by atoms with Crippen LogP contribution in [0.3, 0.4) is 0 Å². The van der Waals surface area contributed by atoms with Crippen molar-refractivity contribution in [3.8, 4) is 0 Å². The van der Waals surface area contributed by atoms with Crippen LogP contribution in [0, 0.1) is 5.92 Å². The van der Waals surface area contributed by atoms with Gasteiger partial charge in [-0.3, -0.25) is 0 Å². The molecule has 0 aliphatic heterocycles. The van der Waals surface area contributed by atoms with Crippen LogP contribution in [-0.4, -0.2) is 26.4 Å². The lowest BCUT2D eigenvalue weighted by atomic mass is 10.0. The second-order valence-electron chi connectivity index (χ2n) is 4.82. The standard InChI is InChI=1S/C13H18O3S2/c1-18(15,16)13-7-12(9-17-13)11(8-14)6-10-4-2-3-5-10/h6-7,9-10,14H,2-5,8H2,1H3. The highest BCUT2D eigenvalue weighted by molar-refractivity contribution is 7.92. The number of sulfone groups is 1. The van der Waals surface area contributed by atoms with E-state index in [9.17, 15) is 13.5 Å². The number of aliphatic hydroxyl groups excluding tert-OH is 1. The molecule has 1 fully saturated rings. The third-order valence-electron chi connectivity index (χ3n) is 3.32. The van der Waals surface area contributed by atoms with Gasteiger partial charge in [-0.2, -0.15) is 0 Å². The fourth-order valence-electron chi connectivity index (χ4n) is 2.33. The monoisotopic (exact) mass is 286 g/mol. The van der Waals surface area contributed by atoms with Crippen molar-refractivity contribution in [3.63, 3.8) is 0 Å². The Morgan fingerprint density at radius 3 is 2.67 bits per heavy atom. The number of thiophene rings is 1. The third-order valence-corrected chi connectivity index (χ3v) is 6.09. The Labute approximate surface area is 112 Å². The van der Waals surface area contributed by atoms with Crippen LogP contribution in [0.4, 0.5) is 0 Å². The predicted octanol–water partition coefficient (Wildman–Crippen LogP) is 2.72. The smallest absolute Gasteiger partial charge is 0.184 e. The van der Waals surface area contributed by atoms with Gasteiger partial charge in [0, 0.05) is 6.26 Å². The second-order valence-corrected chi connectivity index (χ2v) is 7.97. The SMILES string of the molecule is CS(=O)(=O)c1cc(C(=CC2CCCC2)CO)cs1. The molecule has 1 aromatic rings. The van der Waals surface area contributed by atoms with Crippen molar-refractivity contribution in [2.24, 2.45) is 5.92 Å². The summed E-state index contributed by atoms with van der Waals surface area (Å²) in [5.74, 6) is 0.536. The zero-order chi connectivity index (χ0) is 13.2. The predicted molar refractivity (Wildman–Crippen MR) is 74.4 cm³/mol. The van der Waals surface area contributed by atoms with Gasteiger partial charge < -0.3 is 5.11 Å². The van der Waals surface area contributed by atoms with Crippen molar-refractivity contribution in [2.75, 3.05) is 12.9 Å². The van der Waals surface area contributed by atoms with Gasteiger partial charge in [0.05, 0.1) is 6.61 Å². The minimum Gasteiger partial charge on any atom is -0.392 e. The van der Waals surface area contributed by atoms with Crippen molar-refractivity contribution in [1.29, 1.82) is 0 Å². The normalized spacial score (nSPS) is 18.4. The largest absolute Gasteiger partial charge is 0.392 e. The molecule has 18 heavy (non-hydrogen) atoms. The van der Waals surface area contributed by atoms with Gasteiger partial charge in [0.25, 0.3) is 0 Å². The van der Waals surface area contributed by atoms with Crippen LogP contribution in [0.1, 0.15) is 31.2 Å². The van der Waals surface area contributed by atoms with E-state index in [0.29, 0.717) is 10.1 Å². The molecule has 1 aliphatic rings. The van der Waals surface area contributed by atoms with E-state index in [1.165, 1.54) is 43.3 Å². The summed E-state index contributed by atoms with van der Waals surface area (Å²) in [6, 6.07) is 1.66. The fraction of sp³-hybridized carbons (Fsp3) is 0.538. The van der Waals surface area contributed by atoms with Crippen molar-refractivity contribution in [2.45, 2.75) is 29.9 Å². The number of rotatable bonds is 4. The molecule has 0 saturated heterocycles. The van der Waals surface area contributed by atoms with E-state index in [-0.39, 0.29) is 6.61 Å². The molecule has 0 amide bonds. The lowest BCUT2D eigenvalue weighted by Crippen LogP contribution is -1.96. The van der Waals surface area contributed by atoms with Crippen LogP contribution in [-0.2, 0) is 9.84 Å². The molecule has 0 atom stereocenters. The summed E-state index contributed by atoms with van der Waals surface area (Å²) in [6.45, 7) is -0.0313. The van der Waals surface area contributed by atoms with Gasteiger partial charge in [0.2, 0.25) is 0 Å². The van der Waals surface area contributed by atoms with Crippen molar-refractivity contribution in [3.05, 3.63) is 23.1 Å². The van der Waals surface area contributed by atoms with Gasteiger partial charge in [-0.25, -0.2) is 8.42 Å². The number of hydrogen-bond acceptors (Lipinski definition) is 4. The Morgan fingerprint density at radius 2 is 2.17 bits per heavy atom. The van der Waals surface area contributed by atoms with E-state index in [2.05, 4.69) is 6.08 Å². The van der Waals surface area contributed by atoms with Crippen LogP contribution < -0.4 is 0 Å². The van der Waals surface area contributed by atoms with Gasteiger partial charge in [0.1, 0.15) is 4.21 Å². The van der Waals surface area contributed by atoms with Crippen LogP contribution in [0.25, 0.3) is 5.57 Å². The molecule has 1 saturated carbocycles.